The molecule has 1 atom stereocenters. The van der Waals surface area contributed by atoms with E-state index in [2.05, 4.69) is 11.9 Å². The summed E-state index contributed by atoms with van der Waals surface area (Å²) in [5.74, 6) is 0.888. The minimum absolute atomic E-state index is 0. The van der Waals surface area contributed by atoms with Crippen molar-refractivity contribution in [3.63, 3.8) is 0 Å². The predicted molar refractivity (Wildman–Crippen MR) is 123 cm³/mol. The molecule has 0 spiro atoms. The highest BCUT2D eigenvalue weighted by Gasteiger charge is 2.33. The van der Waals surface area contributed by atoms with Gasteiger partial charge in [0.2, 0.25) is 5.91 Å². The zero-order valence-corrected chi connectivity index (χ0v) is 17.8. The number of ether oxygens (including phenoxy) is 1. The SMILES string of the molecule is C.C=C=O.CC(=O)N1CCN(c2ccc(N3C[C@H](CNC(C)=S)OC3=O)cc2F)CC1. The summed E-state index contributed by atoms with van der Waals surface area (Å²) in [7, 11) is 0. The number of benzene rings is 1. The third-order valence-corrected chi connectivity index (χ3v) is 4.91. The Morgan fingerprint density at radius 3 is 2.45 bits per heavy atom. The number of nitrogens with zero attached hydrogens (tertiary/aromatic N) is 3. The summed E-state index contributed by atoms with van der Waals surface area (Å²) in [5, 5.41) is 2.97. The van der Waals surface area contributed by atoms with Gasteiger partial charge in [-0.05, 0) is 31.7 Å². The number of nitrogens with one attached hydrogen (secondary N) is 1. The third kappa shape index (κ3) is 7.04. The van der Waals surface area contributed by atoms with Gasteiger partial charge in [0.25, 0.3) is 0 Å². The normalized spacial score (nSPS) is 17.6. The fourth-order valence-electron chi connectivity index (χ4n) is 3.28. The van der Waals surface area contributed by atoms with Crippen LogP contribution in [0.3, 0.4) is 0 Å². The average Bonchev–Trinajstić information content (AvgIpc) is 3.07. The minimum Gasteiger partial charge on any atom is -0.442 e. The van der Waals surface area contributed by atoms with Gasteiger partial charge in [-0.25, -0.2) is 14.0 Å². The van der Waals surface area contributed by atoms with Gasteiger partial charge in [0, 0.05) is 33.1 Å². The Balaban J connectivity index is 0.00000113. The van der Waals surface area contributed by atoms with Crippen molar-refractivity contribution in [1.82, 2.24) is 10.2 Å². The number of rotatable bonds is 4. The molecule has 2 aliphatic heterocycles. The van der Waals surface area contributed by atoms with Crippen LogP contribution in [-0.4, -0.2) is 73.2 Å². The Labute approximate surface area is 187 Å². The highest BCUT2D eigenvalue weighted by Crippen LogP contribution is 2.28. The molecule has 8 nitrogen and oxygen atoms in total. The van der Waals surface area contributed by atoms with E-state index in [0.29, 0.717) is 55.6 Å². The van der Waals surface area contributed by atoms with Gasteiger partial charge in [-0.3, -0.25) is 9.69 Å². The van der Waals surface area contributed by atoms with Crippen LogP contribution in [0.15, 0.2) is 24.8 Å². The molecule has 2 saturated heterocycles. The van der Waals surface area contributed by atoms with Crippen LogP contribution >= 0.6 is 12.2 Å². The Morgan fingerprint density at radius 2 is 1.94 bits per heavy atom. The standard InChI is InChI=1S/C18H23FN4O3S.C2H2O.CH4/c1-12(27)20-10-15-11-23(18(25)26-15)14-3-4-17(16(19)9-14)22-7-5-21(6-8-22)13(2)24;1-2-3;/h3-4,9,15H,5-8,10-11H2,1-2H3,(H,20,27);1H2;1H4/t15-;;/m0../s1. The molecule has 10 heteroatoms. The van der Waals surface area contributed by atoms with Gasteiger partial charge in [0.15, 0.2) is 0 Å². The smallest absolute Gasteiger partial charge is 0.414 e. The maximum atomic E-state index is 14.7. The summed E-state index contributed by atoms with van der Waals surface area (Å²) in [6, 6.07) is 4.75. The number of cyclic esters (lactones) is 1. The van der Waals surface area contributed by atoms with E-state index >= 15 is 0 Å². The molecule has 2 amide bonds. The summed E-state index contributed by atoms with van der Waals surface area (Å²) in [6.07, 6.45) is -0.830. The molecule has 2 fully saturated rings. The average molecular weight is 453 g/mol. The lowest BCUT2D eigenvalue weighted by molar-refractivity contribution is -0.129. The van der Waals surface area contributed by atoms with Crippen molar-refractivity contribution in [3.8, 4) is 0 Å². The second kappa shape index (κ2) is 12.0. The van der Waals surface area contributed by atoms with Gasteiger partial charge in [-0.2, -0.15) is 0 Å². The molecule has 0 aliphatic carbocycles. The molecule has 2 aliphatic rings. The number of amides is 2. The van der Waals surface area contributed by atoms with Gasteiger partial charge in [0.05, 0.1) is 29.5 Å². The van der Waals surface area contributed by atoms with E-state index in [9.17, 15) is 14.0 Å². The lowest BCUT2D eigenvalue weighted by atomic mass is 10.2. The monoisotopic (exact) mass is 452 g/mol. The van der Waals surface area contributed by atoms with Gasteiger partial charge in [-0.1, -0.05) is 19.6 Å². The lowest BCUT2D eigenvalue weighted by Gasteiger charge is -2.35. The van der Waals surface area contributed by atoms with Crippen molar-refractivity contribution in [3.05, 3.63) is 30.6 Å². The van der Waals surface area contributed by atoms with Gasteiger partial charge >= 0.3 is 6.09 Å². The number of carbonyl (C=O) groups excluding carboxylic acids is 3. The lowest BCUT2D eigenvalue weighted by Crippen LogP contribution is -2.48. The summed E-state index contributed by atoms with van der Waals surface area (Å²) < 4.78 is 20.0. The maximum Gasteiger partial charge on any atom is 0.414 e. The predicted octanol–water partition coefficient (Wildman–Crippen LogP) is 2.40. The highest BCUT2D eigenvalue weighted by atomic mass is 32.1. The van der Waals surface area contributed by atoms with Crippen LogP contribution in [0.2, 0.25) is 0 Å². The first-order valence-electron chi connectivity index (χ1n) is 9.43. The van der Waals surface area contributed by atoms with E-state index in [-0.39, 0.29) is 19.4 Å². The molecule has 3 rings (SSSR count). The Hall–Kier alpha value is -2.97. The quantitative estimate of drug-likeness (QED) is 0.555. The number of hydrogen-bond acceptors (Lipinski definition) is 6. The van der Waals surface area contributed by atoms with Gasteiger partial charge in [-0.15, -0.1) is 0 Å². The van der Waals surface area contributed by atoms with E-state index in [0.717, 1.165) is 0 Å². The van der Waals surface area contributed by atoms with Crippen LogP contribution in [0.1, 0.15) is 21.3 Å². The summed E-state index contributed by atoms with van der Waals surface area (Å²) in [6.45, 7) is 9.04. The molecule has 1 aromatic carbocycles. The van der Waals surface area contributed by atoms with Crippen LogP contribution in [0.4, 0.5) is 20.6 Å². The Bertz CT molecular complexity index is 837. The molecule has 2 heterocycles. The first-order valence-corrected chi connectivity index (χ1v) is 9.84. The first kappa shape index (κ1) is 26.1. The second-order valence-electron chi connectivity index (χ2n) is 6.83. The van der Waals surface area contributed by atoms with Crippen LogP contribution < -0.4 is 15.1 Å². The van der Waals surface area contributed by atoms with E-state index < -0.39 is 11.9 Å². The molecule has 1 aromatic rings. The number of thiocarbonyl (C=S) groups is 1. The van der Waals surface area contributed by atoms with Crippen LogP contribution in [0.25, 0.3) is 0 Å². The minimum atomic E-state index is -0.494. The van der Waals surface area contributed by atoms with Crippen LogP contribution in [0.5, 0.6) is 0 Å². The zero-order chi connectivity index (χ0) is 22.3. The molecule has 0 bridgehead atoms. The maximum absolute atomic E-state index is 14.7. The number of halogens is 1. The molecule has 31 heavy (non-hydrogen) atoms. The molecule has 1 N–H and O–H groups in total. The van der Waals surface area contributed by atoms with E-state index in [1.807, 2.05) is 4.90 Å². The molecule has 170 valence electrons. The topological polar surface area (TPSA) is 82.2 Å². The Morgan fingerprint density at radius 1 is 1.32 bits per heavy atom. The van der Waals surface area contributed by atoms with E-state index in [4.69, 9.17) is 21.7 Å². The summed E-state index contributed by atoms with van der Waals surface area (Å²) in [5.41, 5.74) is 0.939. The van der Waals surface area contributed by atoms with Crippen LogP contribution in [-0.2, 0) is 14.3 Å². The highest BCUT2D eigenvalue weighted by molar-refractivity contribution is 7.80. The van der Waals surface area contributed by atoms with Gasteiger partial charge < -0.3 is 19.9 Å². The summed E-state index contributed by atoms with van der Waals surface area (Å²) in [4.78, 5) is 37.8. The Kier molecular flexibility index (Phi) is 10.1. The number of carbonyl (C=O) groups is 2. The molecule has 0 saturated carbocycles. The molecule has 0 aromatic heterocycles. The van der Waals surface area contributed by atoms with Crippen molar-refractivity contribution in [2.45, 2.75) is 27.4 Å². The van der Waals surface area contributed by atoms with Crippen molar-refractivity contribution in [1.29, 1.82) is 0 Å². The fraction of sp³-hybridized carbons (Fsp3) is 0.476. The number of piperazine rings is 1. The fourth-order valence-corrected chi connectivity index (χ4v) is 3.36. The third-order valence-electron chi connectivity index (χ3n) is 4.76. The number of hydrogen-bond donors (Lipinski definition) is 1. The van der Waals surface area contributed by atoms with Crippen molar-refractivity contribution >= 4 is 46.5 Å². The zero-order valence-electron chi connectivity index (χ0n) is 17.0. The molecular weight excluding hydrogens is 423 g/mol. The largest absolute Gasteiger partial charge is 0.442 e. The first-order chi connectivity index (χ1) is 14.3. The molecule has 0 radical (unpaired) electrons. The van der Waals surface area contributed by atoms with Crippen molar-refractivity contribution in [2.24, 2.45) is 0 Å². The molecular formula is C21H29FN4O4S. The van der Waals surface area contributed by atoms with Crippen molar-refractivity contribution < 1.29 is 23.5 Å². The molecule has 0 unspecified atom stereocenters. The van der Waals surface area contributed by atoms with E-state index in [1.54, 1.807) is 24.0 Å². The number of anilines is 2. The van der Waals surface area contributed by atoms with Crippen molar-refractivity contribution in [2.75, 3.05) is 49.1 Å². The van der Waals surface area contributed by atoms with Gasteiger partial charge in [0.1, 0.15) is 17.9 Å². The second-order valence-corrected chi connectivity index (χ2v) is 7.44. The summed E-state index contributed by atoms with van der Waals surface area (Å²) >= 11 is 4.96. The van der Waals surface area contributed by atoms with Crippen LogP contribution in [0, 0.1) is 5.82 Å². The van der Waals surface area contributed by atoms with E-state index in [1.165, 1.54) is 23.8 Å².